The Bertz CT molecular complexity index is 743. The summed E-state index contributed by atoms with van der Waals surface area (Å²) in [5.74, 6) is 0.654. The maximum Gasteiger partial charge on any atom is 0.267 e. The first-order valence-corrected chi connectivity index (χ1v) is 11.4. The van der Waals surface area contributed by atoms with Gasteiger partial charge < -0.3 is 19.3 Å². The van der Waals surface area contributed by atoms with Crippen molar-refractivity contribution in [1.82, 2.24) is 4.90 Å². The van der Waals surface area contributed by atoms with Crippen molar-refractivity contribution in [3.63, 3.8) is 0 Å². The summed E-state index contributed by atoms with van der Waals surface area (Å²) in [6.07, 6.45) is 6.96. The number of unbranched alkanes of at least 4 members (excludes halogenated alkanes) is 1. The molecule has 1 aromatic rings. The minimum absolute atomic E-state index is 0.0464. The molecule has 0 aromatic heterocycles. The first kappa shape index (κ1) is 22.6. The molecule has 1 unspecified atom stereocenters. The zero-order valence-electron chi connectivity index (χ0n) is 18.9. The quantitative estimate of drug-likeness (QED) is 0.589. The second-order valence-corrected chi connectivity index (χ2v) is 8.73. The molecule has 1 saturated carbocycles. The molecule has 1 atom stereocenters. The molecular weight excluding hydrogens is 380 g/mol. The molecule has 6 nitrogen and oxygen atoms in total. The summed E-state index contributed by atoms with van der Waals surface area (Å²) < 4.78 is 10.9. The van der Waals surface area contributed by atoms with Gasteiger partial charge in [-0.05, 0) is 64.7 Å². The van der Waals surface area contributed by atoms with Crippen LogP contribution in [0.1, 0.15) is 76.1 Å². The van der Waals surface area contributed by atoms with Crippen molar-refractivity contribution in [3.8, 4) is 5.75 Å². The van der Waals surface area contributed by atoms with Gasteiger partial charge in [-0.1, -0.05) is 19.3 Å². The van der Waals surface area contributed by atoms with E-state index in [0.717, 1.165) is 25.7 Å². The Labute approximate surface area is 180 Å². The van der Waals surface area contributed by atoms with Gasteiger partial charge in [-0.25, -0.2) is 0 Å². The minimum Gasteiger partial charge on any atom is -0.479 e. The topological polar surface area (TPSA) is 59.1 Å². The molecular formula is C24H36N2O4. The van der Waals surface area contributed by atoms with Gasteiger partial charge in [0.15, 0.2) is 6.10 Å². The number of nitrogens with zero attached hydrogens (tertiary/aromatic N) is 2. The Morgan fingerprint density at radius 2 is 1.97 bits per heavy atom. The molecule has 166 valence electrons. The lowest BCUT2D eigenvalue weighted by atomic mass is 9.92. The third-order valence-corrected chi connectivity index (χ3v) is 6.15. The highest BCUT2D eigenvalue weighted by Crippen LogP contribution is 2.36. The molecule has 1 aliphatic heterocycles. The molecule has 30 heavy (non-hydrogen) atoms. The summed E-state index contributed by atoms with van der Waals surface area (Å²) in [7, 11) is 1.68. The van der Waals surface area contributed by atoms with Crippen molar-refractivity contribution in [2.24, 2.45) is 0 Å². The summed E-state index contributed by atoms with van der Waals surface area (Å²) in [5.41, 5.74) is 1.33. The number of amides is 2. The van der Waals surface area contributed by atoms with E-state index in [9.17, 15) is 9.59 Å². The third kappa shape index (κ3) is 4.97. The highest BCUT2D eigenvalue weighted by Gasteiger charge is 2.33. The average Bonchev–Trinajstić information content (AvgIpc) is 2.74. The Hall–Kier alpha value is -2.08. The van der Waals surface area contributed by atoms with E-state index in [1.807, 2.05) is 23.1 Å². The lowest BCUT2D eigenvalue weighted by Crippen LogP contribution is -2.46. The van der Waals surface area contributed by atoms with Crippen LogP contribution in [0.15, 0.2) is 18.2 Å². The Morgan fingerprint density at radius 3 is 2.63 bits per heavy atom. The monoisotopic (exact) mass is 416 g/mol. The Kier molecular flexibility index (Phi) is 7.75. The van der Waals surface area contributed by atoms with Crippen molar-refractivity contribution in [2.75, 3.05) is 25.2 Å². The van der Waals surface area contributed by atoms with Crippen LogP contribution < -0.4 is 9.64 Å². The van der Waals surface area contributed by atoms with Gasteiger partial charge >= 0.3 is 0 Å². The van der Waals surface area contributed by atoms with E-state index in [0.29, 0.717) is 36.2 Å². The van der Waals surface area contributed by atoms with Gasteiger partial charge in [-0.15, -0.1) is 0 Å². The SMILES string of the molecule is COCCCCN1C(=O)C(C)Oc2ccc(C(=O)N(C(C)C)C3CCCCC3)cc21. The van der Waals surface area contributed by atoms with Crippen LogP contribution in [0, 0.1) is 0 Å². The number of hydrogen-bond acceptors (Lipinski definition) is 4. The third-order valence-electron chi connectivity index (χ3n) is 6.15. The van der Waals surface area contributed by atoms with Crippen LogP contribution in [-0.4, -0.2) is 55.2 Å². The molecule has 1 aliphatic carbocycles. The zero-order valence-corrected chi connectivity index (χ0v) is 18.9. The molecule has 3 rings (SSSR count). The highest BCUT2D eigenvalue weighted by atomic mass is 16.5. The van der Waals surface area contributed by atoms with E-state index in [1.165, 1.54) is 19.3 Å². The van der Waals surface area contributed by atoms with E-state index in [-0.39, 0.29) is 17.9 Å². The lowest BCUT2D eigenvalue weighted by Gasteiger charge is -2.38. The standard InChI is InChI=1S/C24H36N2O4/c1-17(2)26(20-10-6-5-7-11-20)24(28)19-12-13-22-21(16-19)25(14-8-9-15-29-4)23(27)18(3)30-22/h12-13,16-18,20H,5-11,14-15H2,1-4H3. The highest BCUT2D eigenvalue weighted by molar-refractivity contribution is 6.02. The van der Waals surface area contributed by atoms with Crippen LogP contribution in [0.25, 0.3) is 0 Å². The van der Waals surface area contributed by atoms with Crippen LogP contribution >= 0.6 is 0 Å². The van der Waals surface area contributed by atoms with Gasteiger partial charge in [0.05, 0.1) is 5.69 Å². The normalized spacial score (nSPS) is 19.6. The Morgan fingerprint density at radius 1 is 1.23 bits per heavy atom. The molecule has 0 saturated heterocycles. The maximum atomic E-state index is 13.5. The van der Waals surface area contributed by atoms with Gasteiger partial charge in [0.1, 0.15) is 5.75 Å². The van der Waals surface area contributed by atoms with Gasteiger partial charge in [-0.2, -0.15) is 0 Å². The predicted molar refractivity (Wildman–Crippen MR) is 118 cm³/mol. The number of methoxy groups -OCH3 is 1. The second kappa shape index (κ2) is 10.3. The van der Waals surface area contributed by atoms with Crippen molar-refractivity contribution < 1.29 is 19.1 Å². The largest absolute Gasteiger partial charge is 0.479 e. The Balaban J connectivity index is 1.85. The number of carbonyl (C=O) groups excluding carboxylic acids is 2. The van der Waals surface area contributed by atoms with Gasteiger partial charge in [0, 0.05) is 37.9 Å². The summed E-state index contributed by atoms with van der Waals surface area (Å²) in [5, 5.41) is 0. The zero-order chi connectivity index (χ0) is 21.7. The van der Waals surface area contributed by atoms with E-state index in [1.54, 1.807) is 18.9 Å². The first-order valence-electron chi connectivity index (χ1n) is 11.4. The number of benzene rings is 1. The second-order valence-electron chi connectivity index (χ2n) is 8.73. The molecule has 0 bridgehead atoms. The number of ether oxygens (including phenoxy) is 2. The van der Waals surface area contributed by atoms with Gasteiger partial charge in [0.2, 0.25) is 0 Å². The average molecular weight is 417 g/mol. The number of hydrogen-bond donors (Lipinski definition) is 0. The van der Waals surface area contributed by atoms with Crippen molar-refractivity contribution >= 4 is 17.5 Å². The summed E-state index contributed by atoms with van der Waals surface area (Å²) >= 11 is 0. The first-order chi connectivity index (χ1) is 14.4. The fraction of sp³-hybridized carbons (Fsp3) is 0.667. The van der Waals surface area contributed by atoms with Crippen LogP contribution in [0.3, 0.4) is 0 Å². The maximum absolute atomic E-state index is 13.5. The summed E-state index contributed by atoms with van der Waals surface area (Å²) in [6.45, 7) is 7.21. The van der Waals surface area contributed by atoms with E-state index < -0.39 is 6.10 Å². The number of carbonyl (C=O) groups is 2. The number of fused-ring (bicyclic) bond motifs is 1. The van der Waals surface area contributed by atoms with Crippen molar-refractivity contribution in [2.45, 2.75) is 83.9 Å². The molecule has 0 radical (unpaired) electrons. The molecule has 2 amide bonds. The van der Waals surface area contributed by atoms with Crippen molar-refractivity contribution in [3.05, 3.63) is 23.8 Å². The van der Waals surface area contributed by atoms with E-state index in [4.69, 9.17) is 9.47 Å². The molecule has 6 heteroatoms. The van der Waals surface area contributed by atoms with Crippen LogP contribution in [0.4, 0.5) is 5.69 Å². The molecule has 1 fully saturated rings. The predicted octanol–water partition coefficient (Wildman–Crippen LogP) is 4.41. The van der Waals surface area contributed by atoms with Crippen LogP contribution in [0.2, 0.25) is 0 Å². The molecule has 0 N–H and O–H groups in total. The molecule has 2 aliphatic rings. The summed E-state index contributed by atoms with van der Waals surface area (Å²) in [4.78, 5) is 30.1. The lowest BCUT2D eigenvalue weighted by molar-refractivity contribution is -0.125. The van der Waals surface area contributed by atoms with E-state index >= 15 is 0 Å². The van der Waals surface area contributed by atoms with Crippen molar-refractivity contribution in [1.29, 1.82) is 0 Å². The van der Waals surface area contributed by atoms with Gasteiger partial charge in [0.25, 0.3) is 11.8 Å². The van der Waals surface area contributed by atoms with E-state index in [2.05, 4.69) is 13.8 Å². The number of anilines is 1. The fourth-order valence-corrected chi connectivity index (χ4v) is 4.62. The van der Waals surface area contributed by atoms with Gasteiger partial charge in [-0.3, -0.25) is 9.59 Å². The number of rotatable bonds is 8. The fourth-order valence-electron chi connectivity index (χ4n) is 4.62. The van der Waals surface area contributed by atoms with Crippen LogP contribution in [-0.2, 0) is 9.53 Å². The molecule has 1 aromatic carbocycles. The molecule has 1 heterocycles. The molecule has 0 spiro atoms. The minimum atomic E-state index is -0.518. The van der Waals surface area contributed by atoms with Crippen LogP contribution in [0.5, 0.6) is 5.75 Å². The summed E-state index contributed by atoms with van der Waals surface area (Å²) in [6, 6.07) is 5.96. The smallest absolute Gasteiger partial charge is 0.267 e.